The van der Waals surface area contributed by atoms with Gasteiger partial charge in [-0.15, -0.1) is 0 Å². The standard InChI is InChI=1S/C25H31NO6/c1-7-15(2)24(28)32-25(3,4)14-31-21-18(10-11-20(29-5)22(21)30-6)16-8-9-19-17(12-16)13-26-23(19)27/h8-12,15H,7,13-14H2,1-6H3,(H,26,27). The summed E-state index contributed by atoms with van der Waals surface area (Å²) in [5.74, 6) is 0.952. The summed E-state index contributed by atoms with van der Waals surface area (Å²) in [4.78, 5) is 24.2. The van der Waals surface area contributed by atoms with Crippen LogP contribution in [0.4, 0.5) is 0 Å². The fourth-order valence-corrected chi connectivity index (χ4v) is 3.48. The molecule has 0 radical (unpaired) electrons. The number of rotatable bonds is 9. The molecule has 7 nitrogen and oxygen atoms in total. The number of esters is 1. The van der Waals surface area contributed by atoms with E-state index in [4.69, 9.17) is 18.9 Å². The molecule has 32 heavy (non-hydrogen) atoms. The van der Waals surface area contributed by atoms with Gasteiger partial charge >= 0.3 is 5.97 Å². The molecule has 0 spiro atoms. The number of methoxy groups -OCH3 is 2. The van der Waals surface area contributed by atoms with Crippen molar-refractivity contribution in [3.8, 4) is 28.4 Å². The Kier molecular flexibility index (Phi) is 6.96. The van der Waals surface area contributed by atoms with Crippen LogP contribution in [0.3, 0.4) is 0 Å². The first kappa shape index (κ1) is 23.4. The molecule has 2 aromatic rings. The first-order chi connectivity index (χ1) is 15.2. The number of ether oxygens (including phenoxy) is 4. The molecular weight excluding hydrogens is 410 g/mol. The third kappa shape index (κ3) is 4.82. The highest BCUT2D eigenvalue weighted by Crippen LogP contribution is 2.45. The van der Waals surface area contributed by atoms with Crippen molar-refractivity contribution in [1.82, 2.24) is 5.32 Å². The maximum Gasteiger partial charge on any atom is 0.309 e. The van der Waals surface area contributed by atoms with Crippen molar-refractivity contribution in [3.63, 3.8) is 0 Å². The number of hydrogen-bond donors (Lipinski definition) is 1. The molecule has 1 aliphatic heterocycles. The molecule has 2 aromatic carbocycles. The van der Waals surface area contributed by atoms with E-state index in [1.807, 2.05) is 58.0 Å². The summed E-state index contributed by atoms with van der Waals surface area (Å²) in [5.41, 5.74) is 2.42. The number of carbonyl (C=O) groups excluding carboxylic acids is 2. The van der Waals surface area contributed by atoms with Crippen molar-refractivity contribution in [2.75, 3.05) is 20.8 Å². The lowest BCUT2D eigenvalue weighted by Gasteiger charge is -2.28. The minimum Gasteiger partial charge on any atom is -0.493 e. The van der Waals surface area contributed by atoms with E-state index in [-0.39, 0.29) is 24.4 Å². The first-order valence-corrected chi connectivity index (χ1v) is 10.7. The van der Waals surface area contributed by atoms with Crippen LogP contribution in [-0.2, 0) is 16.1 Å². The molecule has 0 bridgehead atoms. The second-order valence-corrected chi connectivity index (χ2v) is 8.51. The van der Waals surface area contributed by atoms with Gasteiger partial charge in [0.05, 0.1) is 20.1 Å². The third-order valence-electron chi connectivity index (χ3n) is 5.56. The smallest absolute Gasteiger partial charge is 0.309 e. The highest BCUT2D eigenvalue weighted by molar-refractivity contribution is 5.99. The Balaban J connectivity index is 1.95. The minimum absolute atomic E-state index is 0.0693. The van der Waals surface area contributed by atoms with Crippen LogP contribution in [-0.4, -0.2) is 38.3 Å². The monoisotopic (exact) mass is 441 g/mol. The molecular formula is C25H31NO6. The summed E-state index contributed by atoms with van der Waals surface area (Å²) in [7, 11) is 3.11. The number of carbonyl (C=O) groups is 2. The van der Waals surface area contributed by atoms with Crippen molar-refractivity contribution >= 4 is 11.9 Å². The van der Waals surface area contributed by atoms with Gasteiger partial charge in [-0.25, -0.2) is 0 Å². The minimum atomic E-state index is -0.847. The lowest BCUT2D eigenvalue weighted by molar-refractivity contribution is -0.163. The van der Waals surface area contributed by atoms with Gasteiger partial charge in [0, 0.05) is 17.7 Å². The maximum absolute atomic E-state index is 12.3. The predicted octanol–water partition coefficient (Wildman–Crippen LogP) is 4.36. The number of benzene rings is 2. The van der Waals surface area contributed by atoms with Crippen molar-refractivity contribution in [1.29, 1.82) is 0 Å². The summed E-state index contributed by atoms with van der Waals surface area (Å²) < 4.78 is 23.0. The van der Waals surface area contributed by atoms with Crippen molar-refractivity contribution < 1.29 is 28.5 Å². The van der Waals surface area contributed by atoms with E-state index in [1.54, 1.807) is 14.2 Å². The van der Waals surface area contributed by atoms with Crippen LogP contribution in [0.2, 0.25) is 0 Å². The van der Waals surface area contributed by atoms with Gasteiger partial charge in [-0.2, -0.15) is 0 Å². The topological polar surface area (TPSA) is 83.1 Å². The Morgan fingerprint density at radius 3 is 2.47 bits per heavy atom. The van der Waals surface area contributed by atoms with Gasteiger partial charge < -0.3 is 24.3 Å². The molecule has 1 heterocycles. The molecule has 0 fully saturated rings. The van der Waals surface area contributed by atoms with Crippen LogP contribution in [0.25, 0.3) is 11.1 Å². The van der Waals surface area contributed by atoms with E-state index in [0.29, 0.717) is 35.8 Å². The molecule has 1 amide bonds. The number of nitrogens with one attached hydrogen (secondary N) is 1. The second kappa shape index (κ2) is 9.51. The number of hydrogen-bond acceptors (Lipinski definition) is 6. The van der Waals surface area contributed by atoms with Gasteiger partial charge in [0.1, 0.15) is 12.2 Å². The van der Waals surface area contributed by atoms with E-state index in [1.165, 1.54) is 0 Å². The molecule has 0 aliphatic carbocycles. The molecule has 1 atom stereocenters. The summed E-state index contributed by atoms with van der Waals surface area (Å²) in [6.45, 7) is 8.03. The summed E-state index contributed by atoms with van der Waals surface area (Å²) in [5, 5.41) is 2.83. The fourth-order valence-electron chi connectivity index (χ4n) is 3.48. The highest BCUT2D eigenvalue weighted by atomic mass is 16.6. The summed E-state index contributed by atoms with van der Waals surface area (Å²) in [6, 6.07) is 9.36. The van der Waals surface area contributed by atoms with Crippen molar-refractivity contribution in [2.24, 2.45) is 5.92 Å². The Morgan fingerprint density at radius 1 is 1.09 bits per heavy atom. The van der Waals surface area contributed by atoms with Gasteiger partial charge in [-0.3, -0.25) is 9.59 Å². The SMILES string of the molecule is CCC(C)C(=O)OC(C)(C)COc1c(-c2ccc3c(c2)CNC3=O)ccc(OC)c1OC. The lowest BCUT2D eigenvalue weighted by Crippen LogP contribution is -2.36. The van der Waals surface area contributed by atoms with E-state index >= 15 is 0 Å². The Bertz CT molecular complexity index is 1010. The zero-order chi connectivity index (χ0) is 23.5. The average Bonchev–Trinajstić information content (AvgIpc) is 3.15. The van der Waals surface area contributed by atoms with Crippen LogP contribution in [0, 0.1) is 5.92 Å². The van der Waals surface area contributed by atoms with E-state index < -0.39 is 5.60 Å². The Morgan fingerprint density at radius 2 is 1.81 bits per heavy atom. The zero-order valence-corrected chi connectivity index (χ0v) is 19.5. The van der Waals surface area contributed by atoms with Gasteiger partial charge in [0.25, 0.3) is 5.91 Å². The van der Waals surface area contributed by atoms with E-state index in [9.17, 15) is 9.59 Å². The molecule has 0 aromatic heterocycles. The van der Waals surface area contributed by atoms with Crippen LogP contribution < -0.4 is 19.5 Å². The van der Waals surface area contributed by atoms with Crippen molar-refractivity contribution in [2.45, 2.75) is 46.3 Å². The maximum atomic E-state index is 12.3. The Hall–Kier alpha value is -3.22. The summed E-state index contributed by atoms with van der Waals surface area (Å²) in [6.07, 6.45) is 0.708. The van der Waals surface area contributed by atoms with Crippen LogP contribution >= 0.6 is 0 Å². The predicted molar refractivity (Wildman–Crippen MR) is 121 cm³/mol. The van der Waals surface area contributed by atoms with Gasteiger partial charge in [-0.1, -0.05) is 19.9 Å². The summed E-state index contributed by atoms with van der Waals surface area (Å²) >= 11 is 0. The molecule has 1 unspecified atom stereocenters. The Labute approximate surface area is 189 Å². The normalized spacial score (nSPS) is 13.8. The van der Waals surface area contributed by atoms with Crippen LogP contribution in [0.5, 0.6) is 17.2 Å². The second-order valence-electron chi connectivity index (χ2n) is 8.51. The largest absolute Gasteiger partial charge is 0.493 e. The molecule has 172 valence electrons. The highest BCUT2D eigenvalue weighted by Gasteiger charge is 2.29. The molecule has 1 aliphatic rings. The van der Waals surface area contributed by atoms with Gasteiger partial charge in [0.15, 0.2) is 11.5 Å². The molecule has 7 heteroatoms. The van der Waals surface area contributed by atoms with Crippen LogP contribution in [0.1, 0.15) is 50.0 Å². The lowest BCUT2D eigenvalue weighted by atomic mass is 9.99. The third-order valence-corrected chi connectivity index (χ3v) is 5.56. The van der Waals surface area contributed by atoms with E-state index in [2.05, 4.69) is 5.32 Å². The molecule has 0 saturated carbocycles. The van der Waals surface area contributed by atoms with Gasteiger partial charge in [0.2, 0.25) is 5.75 Å². The molecule has 0 saturated heterocycles. The fraction of sp³-hybridized carbons (Fsp3) is 0.440. The first-order valence-electron chi connectivity index (χ1n) is 10.7. The molecule has 3 rings (SSSR count). The van der Waals surface area contributed by atoms with Crippen LogP contribution in [0.15, 0.2) is 30.3 Å². The van der Waals surface area contributed by atoms with Crippen molar-refractivity contribution in [3.05, 3.63) is 41.5 Å². The average molecular weight is 442 g/mol. The van der Waals surface area contributed by atoms with E-state index in [0.717, 1.165) is 16.7 Å². The quantitative estimate of drug-likeness (QED) is 0.582. The van der Waals surface area contributed by atoms with Gasteiger partial charge in [-0.05, 0) is 55.7 Å². The number of fused-ring (bicyclic) bond motifs is 1. The molecule has 1 N–H and O–H groups in total. The zero-order valence-electron chi connectivity index (χ0n) is 19.5. The number of amides is 1.